The molecule has 0 aliphatic heterocycles. The highest BCUT2D eigenvalue weighted by Gasteiger charge is 2.11. The molecule has 5 heteroatoms. The number of halogens is 1. The zero-order valence-corrected chi connectivity index (χ0v) is 10.3. The number of benzene rings is 1. The van der Waals surface area contributed by atoms with Crippen molar-refractivity contribution < 1.29 is 4.79 Å². The van der Waals surface area contributed by atoms with Crippen molar-refractivity contribution in [3.63, 3.8) is 0 Å². The Morgan fingerprint density at radius 1 is 1.24 bits per heavy atom. The van der Waals surface area contributed by atoms with Crippen LogP contribution in [0.5, 0.6) is 0 Å². The maximum atomic E-state index is 12.0. The Morgan fingerprint density at radius 2 is 1.88 bits per heavy atom. The predicted molar refractivity (Wildman–Crippen MR) is 68.3 cm³/mol. The molecule has 0 saturated heterocycles. The lowest BCUT2D eigenvalue weighted by atomic mass is 10.2. The number of hydrogen-bond donors (Lipinski definition) is 1. The second-order valence-corrected chi connectivity index (χ2v) is 4.36. The summed E-state index contributed by atoms with van der Waals surface area (Å²) in [5.74, 6) is -0.735. The Hall–Kier alpha value is -1.88. The van der Waals surface area contributed by atoms with Gasteiger partial charge in [0.25, 0.3) is 11.5 Å². The molecule has 2 aromatic rings. The highest BCUT2D eigenvalue weighted by molar-refractivity contribution is 9.10. The van der Waals surface area contributed by atoms with Crippen LogP contribution in [0.15, 0.2) is 51.9 Å². The summed E-state index contributed by atoms with van der Waals surface area (Å²) in [7, 11) is 0. The van der Waals surface area contributed by atoms with Gasteiger partial charge in [0, 0.05) is 16.4 Å². The molecule has 0 unspecified atom stereocenters. The van der Waals surface area contributed by atoms with E-state index < -0.39 is 11.5 Å². The van der Waals surface area contributed by atoms with Gasteiger partial charge in [-0.05, 0) is 34.1 Å². The minimum Gasteiger partial charge on any atom is -0.365 e. The number of rotatable bonds is 2. The van der Waals surface area contributed by atoms with E-state index >= 15 is 0 Å². The lowest BCUT2D eigenvalue weighted by Gasteiger charge is -2.07. The van der Waals surface area contributed by atoms with Crippen molar-refractivity contribution in [3.05, 3.63) is 63.0 Å². The Morgan fingerprint density at radius 3 is 2.47 bits per heavy atom. The minimum atomic E-state index is -0.735. The fraction of sp³-hybridized carbons (Fsp3) is 0. The van der Waals surface area contributed by atoms with Crippen LogP contribution in [0, 0.1) is 0 Å². The second kappa shape index (κ2) is 4.55. The first-order valence-electron chi connectivity index (χ1n) is 4.87. The lowest BCUT2D eigenvalue weighted by molar-refractivity contribution is 0.0998. The van der Waals surface area contributed by atoms with E-state index in [1.165, 1.54) is 10.6 Å². The highest BCUT2D eigenvalue weighted by atomic mass is 79.9. The maximum absolute atomic E-state index is 12.0. The molecule has 1 aromatic carbocycles. The van der Waals surface area contributed by atoms with Crippen molar-refractivity contribution in [1.29, 1.82) is 0 Å². The van der Waals surface area contributed by atoms with E-state index in [0.29, 0.717) is 10.2 Å². The van der Waals surface area contributed by atoms with Gasteiger partial charge < -0.3 is 5.73 Å². The molecule has 1 amide bonds. The van der Waals surface area contributed by atoms with Crippen molar-refractivity contribution >= 4 is 21.8 Å². The van der Waals surface area contributed by atoms with Crippen LogP contribution in [0.3, 0.4) is 0 Å². The van der Waals surface area contributed by atoms with Gasteiger partial charge in [0.15, 0.2) is 0 Å². The molecule has 0 saturated carbocycles. The normalized spacial score (nSPS) is 10.2. The lowest BCUT2D eigenvalue weighted by Crippen LogP contribution is -2.28. The number of carbonyl (C=O) groups excluding carboxylic acids is 1. The molecule has 17 heavy (non-hydrogen) atoms. The number of aromatic nitrogens is 1. The first-order chi connectivity index (χ1) is 8.09. The minimum absolute atomic E-state index is 0.0387. The van der Waals surface area contributed by atoms with Crippen molar-refractivity contribution in [3.8, 4) is 5.69 Å². The van der Waals surface area contributed by atoms with Gasteiger partial charge in [0.1, 0.15) is 5.56 Å². The van der Waals surface area contributed by atoms with Gasteiger partial charge in [-0.15, -0.1) is 0 Å². The third-order valence-corrected chi connectivity index (χ3v) is 2.72. The van der Waals surface area contributed by atoms with Gasteiger partial charge in [0.05, 0.1) is 0 Å². The fourth-order valence-electron chi connectivity index (χ4n) is 1.51. The number of primary amides is 1. The average molecular weight is 293 g/mol. The second-order valence-electron chi connectivity index (χ2n) is 3.45. The van der Waals surface area contributed by atoms with Crippen LogP contribution < -0.4 is 11.3 Å². The third-order valence-electron chi connectivity index (χ3n) is 2.28. The molecule has 2 N–H and O–H groups in total. The Balaban J connectivity index is 2.72. The molecule has 1 aromatic heterocycles. The molecule has 0 aliphatic carbocycles. The molecular weight excluding hydrogens is 284 g/mol. The monoisotopic (exact) mass is 292 g/mol. The number of nitrogens with zero attached hydrogens (tertiary/aromatic N) is 1. The van der Waals surface area contributed by atoms with E-state index in [0.717, 1.165) is 0 Å². The number of carbonyl (C=O) groups is 1. The van der Waals surface area contributed by atoms with Crippen LogP contribution >= 0.6 is 15.9 Å². The first-order valence-corrected chi connectivity index (χ1v) is 5.66. The largest absolute Gasteiger partial charge is 0.365 e. The summed E-state index contributed by atoms with van der Waals surface area (Å²) >= 11 is 3.25. The first kappa shape index (κ1) is 11.6. The van der Waals surface area contributed by atoms with Gasteiger partial charge >= 0.3 is 0 Å². The van der Waals surface area contributed by atoms with Gasteiger partial charge in [-0.1, -0.05) is 18.2 Å². The van der Waals surface area contributed by atoms with E-state index in [9.17, 15) is 9.59 Å². The number of nitrogens with two attached hydrogens (primary N) is 1. The number of hydrogen-bond acceptors (Lipinski definition) is 2. The molecule has 0 atom stereocenters. The van der Waals surface area contributed by atoms with Gasteiger partial charge in [-0.25, -0.2) is 0 Å². The van der Waals surface area contributed by atoms with Crippen LogP contribution in [0.4, 0.5) is 0 Å². The molecule has 2 rings (SSSR count). The summed E-state index contributed by atoms with van der Waals surface area (Å²) in [5.41, 5.74) is 5.38. The van der Waals surface area contributed by atoms with E-state index in [1.54, 1.807) is 18.3 Å². The van der Waals surface area contributed by atoms with Crippen LogP contribution in [-0.4, -0.2) is 10.5 Å². The van der Waals surface area contributed by atoms with E-state index in [-0.39, 0.29) is 5.56 Å². The van der Waals surface area contributed by atoms with Crippen LogP contribution in [0.25, 0.3) is 5.69 Å². The van der Waals surface area contributed by atoms with Gasteiger partial charge in [-0.3, -0.25) is 14.2 Å². The van der Waals surface area contributed by atoms with Crippen molar-refractivity contribution in [2.75, 3.05) is 0 Å². The molecule has 0 aliphatic rings. The molecule has 0 spiro atoms. The highest BCUT2D eigenvalue weighted by Crippen LogP contribution is 2.12. The Bertz CT molecular complexity index is 620. The molecular formula is C12H9BrN2O2. The van der Waals surface area contributed by atoms with Crippen molar-refractivity contribution in [2.45, 2.75) is 0 Å². The summed E-state index contributed by atoms with van der Waals surface area (Å²) in [4.78, 5) is 23.1. The Kier molecular flexibility index (Phi) is 3.10. The summed E-state index contributed by atoms with van der Waals surface area (Å²) < 4.78 is 2.00. The summed E-state index contributed by atoms with van der Waals surface area (Å²) in [6, 6.07) is 10.4. The summed E-state index contributed by atoms with van der Waals surface area (Å²) in [6.45, 7) is 0. The van der Waals surface area contributed by atoms with Gasteiger partial charge in [-0.2, -0.15) is 0 Å². The van der Waals surface area contributed by atoms with Crippen molar-refractivity contribution in [2.24, 2.45) is 5.73 Å². The topological polar surface area (TPSA) is 65.1 Å². The van der Waals surface area contributed by atoms with Crippen LogP contribution in [0.2, 0.25) is 0 Å². The smallest absolute Gasteiger partial charge is 0.267 e. The summed E-state index contributed by atoms with van der Waals surface area (Å²) in [6.07, 6.45) is 1.60. The molecule has 0 radical (unpaired) electrons. The standard InChI is InChI=1S/C12H9BrN2O2/c13-8-6-10(11(14)16)12(17)15(7-8)9-4-2-1-3-5-9/h1-7H,(H2,14,16). The van der Waals surface area contributed by atoms with Gasteiger partial charge in [0.2, 0.25) is 0 Å². The van der Waals surface area contributed by atoms with E-state index in [2.05, 4.69) is 15.9 Å². The molecule has 4 nitrogen and oxygen atoms in total. The van der Waals surface area contributed by atoms with E-state index in [1.807, 2.05) is 18.2 Å². The zero-order chi connectivity index (χ0) is 12.4. The maximum Gasteiger partial charge on any atom is 0.267 e. The molecule has 1 heterocycles. The Labute approximate surface area is 106 Å². The summed E-state index contributed by atoms with van der Waals surface area (Å²) in [5, 5.41) is 0. The third kappa shape index (κ3) is 2.29. The van der Waals surface area contributed by atoms with Crippen LogP contribution in [-0.2, 0) is 0 Å². The van der Waals surface area contributed by atoms with E-state index in [4.69, 9.17) is 5.73 Å². The van der Waals surface area contributed by atoms with Crippen molar-refractivity contribution in [1.82, 2.24) is 4.57 Å². The zero-order valence-electron chi connectivity index (χ0n) is 8.76. The van der Waals surface area contributed by atoms with Crippen LogP contribution in [0.1, 0.15) is 10.4 Å². The SMILES string of the molecule is NC(=O)c1cc(Br)cn(-c2ccccc2)c1=O. The number of para-hydroxylation sites is 1. The number of amides is 1. The number of pyridine rings is 1. The fourth-order valence-corrected chi connectivity index (χ4v) is 1.94. The average Bonchev–Trinajstić information content (AvgIpc) is 2.32. The quantitative estimate of drug-likeness (QED) is 0.916. The molecule has 0 fully saturated rings. The predicted octanol–water partition coefficient (Wildman–Crippen LogP) is 1.70. The molecule has 0 bridgehead atoms. The molecule has 86 valence electrons.